The first-order chi connectivity index (χ1) is 5.38. The number of nitrogens with zero attached hydrogens (tertiary/aromatic N) is 1. The quantitative estimate of drug-likeness (QED) is 0.733. The molecule has 13 heavy (non-hydrogen) atoms. The average Bonchev–Trinajstić information content (AvgIpc) is 2.55. The monoisotopic (exact) mass is 226 g/mol. The van der Waals surface area contributed by atoms with Crippen LogP contribution in [-0.4, -0.2) is 36.6 Å². The van der Waals surface area contributed by atoms with Gasteiger partial charge in [0.2, 0.25) is 0 Å². The minimum absolute atomic E-state index is 0. The minimum Gasteiger partial charge on any atom is -0.315 e. The zero-order valence-electron chi connectivity index (χ0n) is 8.16. The lowest BCUT2D eigenvalue weighted by Gasteiger charge is -2.27. The first-order valence-corrected chi connectivity index (χ1v) is 4.84. The van der Waals surface area contributed by atoms with Crippen LogP contribution < -0.4 is 5.32 Å². The number of likely N-dealkylation sites (tertiary alicyclic amines) is 1. The summed E-state index contributed by atoms with van der Waals surface area (Å²) >= 11 is 0. The zero-order chi connectivity index (χ0) is 7.68. The summed E-state index contributed by atoms with van der Waals surface area (Å²) in [6.07, 6.45) is 4.19. The SMILES string of the molecule is C[C@H]1CCCN1[C@@H]1CCNC1.Cl.Cl. The van der Waals surface area contributed by atoms with E-state index in [0.717, 1.165) is 12.1 Å². The van der Waals surface area contributed by atoms with Crippen LogP contribution in [0.2, 0.25) is 0 Å². The van der Waals surface area contributed by atoms with Gasteiger partial charge in [0.15, 0.2) is 0 Å². The van der Waals surface area contributed by atoms with Crippen molar-refractivity contribution in [3.8, 4) is 0 Å². The predicted octanol–water partition coefficient (Wildman–Crippen LogP) is 1.68. The van der Waals surface area contributed by atoms with Gasteiger partial charge in [0.25, 0.3) is 0 Å². The van der Waals surface area contributed by atoms with Crippen molar-refractivity contribution in [3.05, 3.63) is 0 Å². The summed E-state index contributed by atoms with van der Waals surface area (Å²) in [6, 6.07) is 1.70. The third-order valence-electron chi connectivity index (χ3n) is 3.11. The van der Waals surface area contributed by atoms with Gasteiger partial charge in [-0.05, 0) is 39.3 Å². The van der Waals surface area contributed by atoms with Gasteiger partial charge < -0.3 is 5.32 Å². The topological polar surface area (TPSA) is 15.3 Å². The highest BCUT2D eigenvalue weighted by Gasteiger charge is 2.29. The van der Waals surface area contributed by atoms with Gasteiger partial charge in [-0.15, -0.1) is 24.8 Å². The second-order valence-electron chi connectivity index (χ2n) is 3.88. The normalized spacial score (nSPS) is 33.9. The summed E-state index contributed by atoms with van der Waals surface area (Å²) in [5, 5.41) is 3.43. The van der Waals surface area contributed by atoms with Gasteiger partial charge in [0, 0.05) is 18.6 Å². The molecule has 0 saturated carbocycles. The maximum atomic E-state index is 3.43. The van der Waals surface area contributed by atoms with Gasteiger partial charge in [-0.1, -0.05) is 0 Å². The first-order valence-electron chi connectivity index (χ1n) is 4.84. The smallest absolute Gasteiger partial charge is 0.0235 e. The molecular formula is C9H20Cl2N2. The van der Waals surface area contributed by atoms with Crippen LogP contribution in [0.5, 0.6) is 0 Å². The van der Waals surface area contributed by atoms with Crippen LogP contribution >= 0.6 is 24.8 Å². The molecule has 0 spiro atoms. The summed E-state index contributed by atoms with van der Waals surface area (Å²) in [7, 11) is 0. The molecule has 2 fully saturated rings. The molecule has 0 bridgehead atoms. The Morgan fingerprint density at radius 1 is 1.23 bits per heavy atom. The van der Waals surface area contributed by atoms with Crippen LogP contribution in [-0.2, 0) is 0 Å². The van der Waals surface area contributed by atoms with E-state index in [0.29, 0.717) is 0 Å². The van der Waals surface area contributed by atoms with Crippen LogP contribution in [0, 0.1) is 0 Å². The highest BCUT2D eigenvalue weighted by atomic mass is 35.5. The molecule has 2 atom stereocenters. The first kappa shape index (κ1) is 13.5. The summed E-state index contributed by atoms with van der Waals surface area (Å²) in [5.41, 5.74) is 0. The van der Waals surface area contributed by atoms with Crippen molar-refractivity contribution in [2.45, 2.75) is 38.3 Å². The van der Waals surface area contributed by atoms with Crippen molar-refractivity contribution in [2.75, 3.05) is 19.6 Å². The lowest BCUT2D eigenvalue weighted by molar-refractivity contribution is 0.202. The number of hydrogen-bond acceptors (Lipinski definition) is 2. The molecule has 0 amide bonds. The standard InChI is InChI=1S/C9H18N2.2ClH/c1-8-3-2-6-11(8)9-4-5-10-7-9;;/h8-10H,2-7H2,1H3;2*1H/t8-,9+;;/m0../s1. The largest absolute Gasteiger partial charge is 0.315 e. The molecule has 2 nitrogen and oxygen atoms in total. The van der Waals surface area contributed by atoms with E-state index in [1.54, 1.807) is 0 Å². The minimum atomic E-state index is 0. The summed E-state index contributed by atoms with van der Waals surface area (Å²) in [5.74, 6) is 0. The van der Waals surface area contributed by atoms with Gasteiger partial charge >= 0.3 is 0 Å². The van der Waals surface area contributed by atoms with Crippen LogP contribution in [0.4, 0.5) is 0 Å². The number of rotatable bonds is 1. The van der Waals surface area contributed by atoms with Crippen molar-refractivity contribution in [1.29, 1.82) is 0 Å². The Balaban J connectivity index is 0.000000720. The van der Waals surface area contributed by atoms with E-state index in [1.807, 2.05) is 0 Å². The van der Waals surface area contributed by atoms with Gasteiger partial charge in [0.05, 0.1) is 0 Å². The third-order valence-corrected chi connectivity index (χ3v) is 3.11. The highest BCUT2D eigenvalue weighted by molar-refractivity contribution is 5.85. The fourth-order valence-corrected chi connectivity index (χ4v) is 2.42. The number of halogens is 2. The lowest BCUT2D eigenvalue weighted by atomic mass is 10.2. The predicted molar refractivity (Wildman–Crippen MR) is 61.2 cm³/mol. The molecule has 80 valence electrons. The summed E-state index contributed by atoms with van der Waals surface area (Å²) < 4.78 is 0. The average molecular weight is 227 g/mol. The van der Waals surface area contributed by atoms with Gasteiger partial charge in [-0.3, -0.25) is 4.90 Å². The summed E-state index contributed by atoms with van der Waals surface area (Å²) in [6.45, 7) is 6.16. The molecule has 2 aliphatic heterocycles. The van der Waals surface area contributed by atoms with E-state index in [2.05, 4.69) is 17.1 Å². The second kappa shape index (κ2) is 6.07. The molecule has 0 radical (unpaired) electrons. The fourth-order valence-electron chi connectivity index (χ4n) is 2.42. The molecule has 4 heteroatoms. The molecule has 1 N–H and O–H groups in total. The lowest BCUT2D eigenvalue weighted by Crippen LogP contribution is -2.38. The molecule has 0 aromatic heterocycles. The number of nitrogens with one attached hydrogen (secondary N) is 1. The van der Waals surface area contributed by atoms with E-state index in [9.17, 15) is 0 Å². The maximum Gasteiger partial charge on any atom is 0.0235 e. The van der Waals surface area contributed by atoms with E-state index < -0.39 is 0 Å². The van der Waals surface area contributed by atoms with Crippen LogP contribution in [0.25, 0.3) is 0 Å². The molecule has 0 aromatic rings. The van der Waals surface area contributed by atoms with Crippen molar-refractivity contribution >= 4 is 24.8 Å². The Hall–Kier alpha value is 0.500. The van der Waals surface area contributed by atoms with Crippen LogP contribution in [0.1, 0.15) is 26.2 Å². The summed E-state index contributed by atoms with van der Waals surface area (Å²) in [4.78, 5) is 2.68. The fraction of sp³-hybridized carbons (Fsp3) is 1.00. The van der Waals surface area contributed by atoms with Crippen molar-refractivity contribution < 1.29 is 0 Å². The maximum absolute atomic E-state index is 3.43. The molecule has 2 saturated heterocycles. The molecular weight excluding hydrogens is 207 g/mol. The van der Waals surface area contributed by atoms with Crippen LogP contribution in [0.15, 0.2) is 0 Å². The van der Waals surface area contributed by atoms with Crippen molar-refractivity contribution in [1.82, 2.24) is 10.2 Å². The zero-order valence-corrected chi connectivity index (χ0v) is 9.79. The molecule has 2 aliphatic rings. The van der Waals surface area contributed by atoms with Crippen molar-refractivity contribution in [2.24, 2.45) is 0 Å². The van der Waals surface area contributed by atoms with Crippen molar-refractivity contribution in [3.63, 3.8) is 0 Å². The Labute approximate surface area is 93.3 Å². The molecule has 2 rings (SSSR count). The molecule has 0 aromatic carbocycles. The molecule has 0 unspecified atom stereocenters. The highest BCUT2D eigenvalue weighted by Crippen LogP contribution is 2.21. The van der Waals surface area contributed by atoms with E-state index in [4.69, 9.17) is 0 Å². The van der Waals surface area contributed by atoms with Gasteiger partial charge in [-0.25, -0.2) is 0 Å². The van der Waals surface area contributed by atoms with E-state index in [1.165, 1.54) is 38.9 Å². The number of hydrogen-bond donors (Lipinski definition) is 1. The molecule has 0 aliphatic carbocycles. The van der Waals surface area contributed by atoms with E-state index in [-0.39, 0.29) is 24.8 Å². The molecule has 2 heterocycles. The second-order valence-corrected chi connectivity index (χ2v) is 3.88. The Bertz CT molecular complexity index is 138. The Kier molecular flexibility index (Phi) is 6.31. The van der Waals surface area contributed by atoms with E-state index >= 15 is 0 Å². The van der Waals surface area contributed by atoms with Gasteiger partial charge in [0.1, 0.15) is 0 Å². The Morgan fingerprint density at radius 3 is 2.46 bits per heavy atom. The van der Waals surface area contributed by atoms with Gasteiger partial charge in [-0.2, -0.15) is 0 Å². The Morgan fingerprint density at radius 2 is 2.00 bits per heavy atom. The third kappa shape index (κ3) is 2.98. The van der Waals surface area contributed by atoms with Crippen LogP contribution in [0.3, 0.4) is 0 Å².